The van der Waals surface area contributed by atoms with E-state index in [2.05, 4.69) is 0 Å². The Kier molecular flexibility index (Phi) is 3.14. The van der Waals surface area contributed by atoms with E-state index in [0.717, 1.165) is 18.8 Å². The summed E-state index contributed by atoms with van der Waals surface area (Å²) in [6, 6.07) is 7.78. The number of carbonyl (C=O) groups is 1. The molecule has 0 amide bonds. The van der Waals surface area contributed by atoms with E-state index < -0.39 is 0 Å². The van der Waals surface area contributed by atoms with Gasteiger partial charge in [0, 0.05) is 17.9 Å². The largest absolute Gasteiger partial charge is 0.380 e. The van der Waals surface area contributed by atoms with Gasteiger partial charge in [0.15, 0.2) is 5.78 Å². The van der Waals surface area contributed by atoms with Gasteiger partial charge in [-0.1, -0.05) is 24.3 Å². The van der Waals surface area contributed by atoms with Gasteiger partial charge >= 0.3 is 0 Å². The van der Waals surface area contributed by atoms with E-state index in [4.69, 9.17) is 10.5 Å². The maximum absolute atomic E-state index is 11.5. The van der Waals surface area contributed by atoms with E-state index in [0.29, 0.717) is 18.9 Å². The molecule has 0 radical (unpaired) electrons. The van der Waals surface area contributed by atoms with Crippen LogP contribution in [0.1, 0.15) is 28.3 Å². The van der Waals surface area contributed by atoms with Crippen molar-refractivity contribution in [2.75, 3.05) is 19.8 Å². The molecule has 15 heavy (non-hydrogen) atoms. The van der Waals surface area contributed by atoms with Gasteiger partial charge in [-0.15, -0.1) is 0 Å². The smallest absolute Gasteiger partial charge is 0.164 e. The summed E-state index contributed by atoms with van der Waals surface area (Å²) in [4.78, 5) is 11.5. The molecule has 0 unspecified atom stereocenters. The van der Waals surface area contributed by atoms with Crippen LogP contribution in [0.2, 0.25) is 0 Å². The van der Waals surface area contributed by atoms with Gasteiger partial charge in [-0.3, -0.25) is 4.79 Å². The second kappa shape index (κ2) is 4.55. The van der Waals surface area contributed by atoms with Gasteiger partial charge in [0.05, 0.1) is 13.2 Å². The van der Waals surface area contributed by atoms with Crippen LogP contribution in [-0.4, -0.2) is 25.5 Å². The van der Waals surface area contributed by atoms with Gasteiger partial charge in [0.2, 0.25) is 0 Å². The first-order chi connectivity index (χ1) is 7.31. The number of ether oxygens (including phenoxy) is 1. The molecule has 3 nitrogen and oxygen atoms in total. The van der Waals surface area contributed by atoms with E-state index in [1.54, 1.807) is 0 Å². The molecule has 1 aliphatic heterocycles. The summed E-state index contributed by atoms with van der Waals surface area (Å²) in [6.07, 6.45) is 0.423. The van der Waals surface area contributed by atoms with Gasteiger partial charge in [-0.2, -0.15) is 0 Å². The number of hydrogen-bond donors (Lipinski definition) is 1. The van der Waals surface area contributed by atoms with Crippen LogP contribution in [0, 0.1) is 0 Å². The molecule has 1 heterocycles. The average Bonchev–Trinajstić information content (AvgIpc) is 2.16. The predicted molar refractivity (Wildman–Crippen MR) is 58.0 cm³/mol. The fourth-order valence-corrected chi connectivity index (χ4v) is 1.64. The Bertz CT molecular complexity index is 341. The van der Waals surface area contributed by atoms with Crippen LogP contribution < -0.4 is 5.73 Å². The molecular formula is C12H15NO2. The lowest BCUT2D eigenvalue weighted by molar-refractivity contribution is 0.00842. The van der Waals surface area contributed by atoms with Crippen LogP contribution in [0.25, 0.3) is 0 Å². The van der Waals surface area contributed by atoms with E-state index in [-0.39, 0.29) is 5.78 Å². The summed E-state index contributed by atoms with van der Waals surface area (Å²) in [6.45, 7) is 2.02. The molecule has 0 aliphatic carbocycles. The minimum absolute atomic E-state index is 0.119. The highest BCUT2D eigenvalue weighted by Gasteiger charge is 2.20. The minimum Gasteiger partial charge on any atom is -0.380 e. The van der Waals surface area contributed by atoms with Crippen LogP contribution in [-0.2, 0) is 4.74 Å². The number of ketones is 1. The maximum atomic E-state index is 11.5. The van der Waals surface area contributed by atoms with Gasteiger partial charge in [0.1, 0.15) is 0 Å². The molecule has 2 rings (SSSR count). The molecule has 0 bridgehead atoms. The molecule has 0 spiro atoms. The number of nitrogens with two attached hydrogens (primary N) is 1. The number of Topliss-reactive ketones (excluding diaryl/α,β-unsaturated/α-hetero) is 1. The molecule has 0 atom stereocenters. The summed E-state index contributed by atoms with van der Waals surface area (Å²) in [5.41, 5.74) is 7.35. The zero-order chi connectivity index (χ0) is 10.7. The molecule has 1 aromatic carbocycles. The van der Waals surface area contributed by atoms with Crippen molar-refractivity contribution < 1.29 is 9.53 Å². The zero-order valence-electron chi connectivity index (χ0n) is 8.61. The van der Waals surface area contributed by atoms with Crippen molar-refractivity contribution in [1.29, 1.82) is 0 Å². The van der Waals surface area contributed by atoms with E-state index >= 15 is 0 Å². The Hall–Kier alpha value is -1.19. The predicted octanol–water partition coefficient (Wildman–Crippen LogP) is 1.33. The summed E-state index contributed by atoms with van der Waals surface area (Å²) >= 11 is 0. The Morgan fingerprint density at radius 1 is 1.33 bits per heavy atom. The Balaban J connectivity index is 2.06. The van der Waals surface area contributed by atoms with Crippen molar-refractivity contribution in [3.05, 3.63) is 35.4 Å². The van der Waals surface area contributed by atoms with Crippen LogP contribution in [0.4, 0.5) is 0 Å². The van der Waals surface area contributed by atoms with Gasteiger partial charge in [0.25, 0.3) is 0 Å². The molecule has 1 saturated heterocycles. The summed E-state index contributed by atoms with van der Waals surface area (Å²) in [7, 11) is 0. The summed E-state index contributed by atoms with van der Waals surface area (Å²) in [5, 5.41) is 0. The number of hydrogen-bond acceptors (Lipinski definition) is 3. The molecule has 0 aromatic heterocycles. The first kappa shape index (κ1) is 10.3. The molecule has 1 aromatic rings. The minimum atomic E-state index is 0.119. The number of rotatable bonds is 4. The fourth-order valence-electron chi connectivity index (χ4n) is 1.64. The average molecular weight is 205 g/mol. The lowest BCUT2D eigenvalue weighted by Crippen LogP contribution is -2.25. The normalized spacial score (nSPS) is 16.1. The molecule has 1 aliphatic rings. The highest BCUT2D eigenvalue weighted by molar-refractivity contribution is 5.96. The third-order valence-corrected chi connectivity index (χ3v) is 2.71. The molecular weight excluding hydrogens is 190 g/mol. The molecule has 1 fully saturated rings. The quantitative estimate of drug-likeness (QED) is 0.754. The molecule has 80 valence electrons. The number of benzene rings is 1. The van der Waals surface area contributed by atoms with E-state index in [9.17, 15) is 4.79 Å². The molecule has 3 heteroatoms. The first-order valence-electron chi connectivity index (χ1n) is 5.22. The van der Waals surface area contributed by atoms with Crippen molar-refractivity contribution in [2.45, 2.75) is 12.3 Å². The topological polar surface area (TPSA) is 52.3 Å². The van der Waals surface area contributed by atoms with Crippen LogP contribution in [0.5, 0.6) is 0 Å². The Morgan fingerprint density at radius 3 is 2.47 bits per heavy atom. The van der Waals surface area contributed by atoms with Crippen molar-refractivity contribution in [3.63, 3.8) is 0 Å². The first-order valence-corrected chi connectivity index (χ1v) is 5.22. The highest BCUT2D eigenvalue weighted by atomic mass is 16.5. The fraction of sp³-hybridized carbons (Fsp3) is 0.417. The highest BCUT2D eigenvalue weighted by Crippen LogP contribution is 2.24. The second-order valence-electron chi connectivity index (χ2n) is 3.82. The van der Waals surface area contributed by atoms with Gasteiger partial charge in [-0.05, 0) is 12.1 Å². The third-order valence-electron chi connectivity index (χ3n) is 2.71. The van der Waals surface area contributed by atoms with Crippen LogP contribution >= 0.6 is 0 Å². The van der Waals surface area contributed by atoms with Crippen molar-refractivity contribution in [3.8, 4) is 0 Å². The Morgan fingerprint density at radius 2 is 2.00 bits per heavy atom. The molecule has 0 saturated carbocycles. The van der Waals surface area contributed by atoms with Crippen LogP contribution in [0.3, 0.4) is 0 Å². The maximum Gasteiger partial charge on any atom is 0.164 e. The third kappa shape index (κ3) is 2.25. The van der Waals surface area contributed by atoms with Crippen LogP contribution in [0.15, 0.2) is 24.3 Å². The molecule has 2 N–H and O–H groups in total. The van der Waals surface area contributed by atoms with Gasteiger partial charge < -0.3 is 10.5 Å². The van der Waals surface area contributed by atoms with Crippen molar-refractivity contribution >= 4 is 5.78 Å². The van der Waals surface area contributed by atoms with Crippen molar-refractivity contribution in [2.24, 2.45) is 5.73 Å². The SMILES string of the molecule is NCCC(=O)c1ccc(C2COC2)cc1. The lowest BCUT2D eigenvalue weighted by atomic mass is 9.95. The monoisotopic (exact) mass is 205 g/mol. The summed E-state index contributed by atoms with van der Waals surface area (Å²) in [5.74, 6) is 0.637. The van der Waals surface area contributed by atoms with E-state index in [1.807, 2.05) is 24.3 Å². The van der Waals surface area contributed by atoms with Crippen molar-refractivity contribution in [1.82, 2.24) is 0 Å². The summed E-state index contributed by atoms with van der Waals surface area (Å²) < 4.78 is 5.12. The Labute approximate surface area is 89.2 Å². The van der Waals surface area contributed by atoms with E-state index in [1.165, 1.54) is 5.56 Å². The number of carbonyl (C=O) groups excluding carboxylic acids is 1. The standard InChI is InChI=1S/C12H15NO2/c13-6-5-12(14)10-3-1-9(2-4-10)11-7-15-8-11/h1-4,11H,5-8,13H2. The lowest BCUT2D eigenvalue weighted by Gasteiger charge is -2.26. The van der Waals surface area contributed by atoms with Gasteiger partial charge in [-0.25, -0.2) is 0 Å². The zero-order valence-corrected chi connectivity index (χ0v) is 8.61. The second-order valence-corrected chi connectivity index (χ2v) is 3.82.